The molecular formula is C10H6ClN3O. The van der Waals surface area contributed by atoms with Gasteiger partial charge in [-0.1, -0.05) is 11.6 Å². The first kappa shape index (κ1) is 9.56. The smallest absolute Gasteiger partial charge is 0.215 e. The zero-order valence-electron chi connectivity index (χ0n) is 7.55. The molecule has 74 valence electrons. The highest BCUT2D eigenvalue weighted by Crippen LogP contribution is 2.19. The van der Waals surface area contributed by atoms with Crippen LogP contribution in [0.3, 0.4) is 0 Å². The lowest BCUT2D eigenvalue weighted by Gasteiger charge is -2.01. The maximum atomic E-state index is 9.50. The van der Waals surface area contributed by atoms with Gasteiger partial charge in [-0.2, -0.15) is 15.0 Å². The molecule has 0 radical (unpaired) electrons. The van der Waals surface area contributed by atoms with Crippen LogP contribution in [0.25, 0.3) is 5.69 Å². The van der Waals surface area contributed by atoms with Gasteiger partial charge in [-0.3, -0.25) is 0 Å². The molecule has 0 bridgehead atoms. The highest BCUT2D eigenvalue weighted by Gasteiger charge is 2.07. The van der Waals surface area contributed by atoms with Crippen molar-refractivity contribution in [3.8, 4) is 17.6 Å². The van der Waals surface area contributed by atoms with Gasteiger partial charge in [-0.05, 0) is 24.3 Å². The molecule has 0 atom stereocenters. The van der Waals surface area contributed by atoms with Crippen LogP contribution in [-0.2, 0) is 0 Å². The molecule has 1 aromatic carbocycles. The number of aromatic nitrogens is 2. The van der Waals surface area contributed by atoms with Crippen molar-refractivity contribution in [2.75, 3.05) is 0 Å². The maximum Gasteiger partial charge on any atom is 0.215 e. The molecule has 1 aromatic heterocycles. The van der Waals surface area contributed by atoms with Crippen LogP contribution in [-0.4, -0.2) is 14.9 Å². The van der Waals surface area contributed by atoms with Crippen LogP contribution in [0.4, 0.5) is 0 Å². The minimum absolute atomic E-state index is 0.0751. The number of halogens is 1. The minimum Gasteiger partial charge on any atom is -0.493 e. The van der Waals surface area contributed by atoms with Crippen LogP contribution in [0.2, 0.25) is 5.02 Å². The van der Waals surface area contributed by atoms with Crippen molar-refractivity contribution in [1.29, 1.82) is 5.26 Å². The lowest BCUT2D eigenvalue weighted by molar-refractivity contribution is 0.433. The van der Waals surface area contributed by atoms with Crippen LogP contribution < -0.4 is 0 Å². The van der Waals surface area contributed by atoms with E-state index in [0.29, 0.717) is 10.7 Å². The van der Waals surface area contributed by atoms with E-state index < -0.39 is 0 Å². The van der Waals surface area contributed by atoms with Gasteiger partial charge in [0.05, 0.1) is 5.69 Å². The third-order valence-corrected chi connectivity index (χ3v) is 2.13. The lowest BCUT2D eigenvalue weighted by atomic mass is 10.3. The Hall–Kier alpha value is -1.99. The van der Waals surface area contributed by atoms with Crippen LogP contribution >= 0.6 is 11.6 Å². The average molecular weight is 220 g/mol. The second-order valence-electron chi connectivity index (χ2n) is 2.89. The average Bonchev–Trinajstić information content (AvgIpc) is 2.61. The van der Waals surface area contributed by atoms with Crippen molar-refractivity contribution < 1.29 is 5.11 Å². The first-order chi connectivity index (χ1) is 7.20. The molecule has 1 heterocycles. The molecule has 2 rings (SSSR count). The molecule has 0 unspecified atom stereocenters. The van der Waals surface area contributed by atoms with E-state index in [1.165, 1.54) is 10.7 Å². The fourth-order valence-electron chi connectivity index (χ4n) is 1.20. The number of benzene rings is 1. The van der Waals surface area contributed by atoms with Gasteiger partial charge >= 0.3 is 0 Å². The van der Waals surface area contributed by atoms with Crippen LogP contribution in [0.15, 0.2) is 30.3 Å². The van der Waals surface area contributed by atoms with Gasteiger partial charge in [0, 0.05) is 11.1 Å². The molecule has 2 aromatic rings. The third kappa shape index (κ3) is 1.78. The first-order valence-corrected chi connectivity index (χ1v) is 4.53. The summed E-state index contributed by atoms with van der Waals surface area (Å²) in [6, 6.07) is 9.93. The molecule has 0 spiro atoms. The monoisotopic (exact) mass is 219 g/mol. The van der Waals surface area contributed by atoms with E-state index in [2.05, 4.69) is 5.10 Å². The van der Waals surface area contributed by atoms with E-state index >= 15 is 0 Å². The second kappa shape index (κ2) is 3.64. The summed E-state index contributed by atoms with van der Waals surface area (Å²) in [5, 5.41) is 22.6. The number of hydrogen-bond donors (Lipinski definition) is 1. The van der Waals surface area contributed by atoms with Crippen LogP contribution in [0.1, 0.15) is 5.69 Å². The molecule has 0 amide bonds. The SMILES string of the molecule is N#Cc1cc(O)n(-c2ccc(Cl)cc2)n1. The van der Waals surface area contributed by atoms with Crippen molar-refractivity contribution in [3.05, 3.63) is 41.0 Å². The van der Waals surface area contributed by atoms with E-state index in [9.17, 15) is 5.11 Å². The fraction of sp³-hybridized carbons (Fsp3) is 0. The maximum absolute atomic E-state index is 9.50. The topological polar surface area (TPSA) is 61.8 Å². The molecule has 5 heteroatoms. The minimum atomic E-state index is -0.0751. The van der Waals surface area contributed by atoms with Crippen molar-refractivity contribution >= 4 is 11.6 Å². The standard InChI is InChI=1S/C10H6ClN3O/c11-7-1-3-9(4-2-7)14-10(15)5-8(6-12)13-14/h1-5,15H. The van der Waals surface area contributed by atoms with E-state index in [1.807, 2.05) is 6.07 Å². The summed E-state index contributed by atoms with van der Waals surface area (Å²) in [5.74, 6) is -0.0751. The molecule has 0 aliphatic heterocycles. The Balaban J connectivity index is 2.50. The van der Waals surface area contributed by atoms with Gasteiger partial charge < -0.3 is 5.11 Å². The molecule has 0 fully saturated rings. The van der Waals surface area contributed by atoms with E-state index in [-0.39, 0.29) is 11.6 Å². The summed E-state index contributed by atoms with van der Waals surface area (Å²) in [4.78, 5) is 0. The summed E-state index contributed by atoms with van der Waals surface area (Å²) in [7, 11) is 0. The largest absolute Gasteiger partial charge is 0.493 e. The highest BCUT2D eigenvalue weighted by atomic mass is 35.5. The van der Waals surface area contributed by atoms with E-state index in [0.717, 1.165) is 0 Å². The number of rotatable bonds is 1. The van der Waals surface area contributed by atoms with Gasteiger partial charge in [-0.15, -0.1) is 0 Å². The zero-order chi connectivity index (χ0) is 10.8. The number of aromatic hydroxyl groups is 1. The van der Waals surface area contributed by atoms with Crippen molar-refractivity contribution in [3.63, 3.8) is 0 Å². The molecule has 0 saturated heterocycles. The molecule has 0 aliphatic carbocycles. The Bertz CT molecular complexity index is 525. The van der Waals surface area contributed by atoms with E-state index in [4.69, 9.17) is 16.9 Å². The highest BCUT2D eigenvalue weighted by molar-refractivity contribution is 6.30. The van der Waals surface area contributed by atoms with Crippen molar-refractivity contribution in [2.24, 2.45) is 0 Å². The van der Waals surface area contributed by atoms with Crippen molar-refractivity contribution in [2.45, 2.75) is 0 Å². The van der Waals surface area contributed by atoms with Crippen LogP contribution in [0.5, 0.6) is 5.88 Å². The van der Waals surface area contributed by atoms with Gasteiger partial charge in [0.2, 0.25) is 5.88 Å². The predicted octanol–water partition coefficient (Wildman–Crippen LogP) is 2.10. The van der Waals surface area contributed by atoms with Crippen LogP contribution in [0, 0.1) is 11.3 Å². The van der Waals surface area contributed by atoms with Gasteiger partial charge in [0.1, 0.15) is 6.07 Å². The second-order valence-corrected chi connectivity index (χ2v) is 3.32. The van der Waals surface area contributed by atoms with Gasteiger partial charge in [0.25, 0.3) is 0 Å². The van der Waals surface area contributed by atoms with Gasteiger partial charge in [0.15, 0.2) is 5.69 Å². The number of hydrogen-bond acceptors (Lipinski definition) is 3. The van der Waals surface area contributed by atoms with Gasteiger partial charge in [-0.25, -0.2) is 0 Å². The summed E-state index contributed by atoms with van der Waals surface area (Å²) < 4.78 is 1.27. The molecular weight excluding hydrogens is 214 g/mol. The molecule has 15 heavy (non-hydrogen) atoms. The zero-order valence-corrected chi connectivity index (χ0v) is 8.31. The van der Waals surface area contributed by atoms with E-state index in [1.54, 1.807) is 24.3 Å². The predicted molar refractivity (Wildman–Crippen MR) is 55.0 cm³/mol. The molecule has 1 N–H and O–H groups in total. The summed E-state index contributed by atoms with van der Waals surface area (Å²) in [6.07, 6.45) is 0. The summed E-state index contributed by atoms with van der Waals surface area (Å²) >= 11 is 5.73. The summed E-state index contributed by atoms with van der Waals surface area (Å²) in [5.41, 5.74) is 0.820. The van der Waals surface area contributed by atoms with Crippen molar-refractivity contribution in [1.82, 2.24) is 9.78 Å². The Kier molecular flexibility index (Phi) is 2.32. The number of nitrogens with zero attached hydrogens (tertiary/aromatic N) is 3. The fourth-order valence-corrected chi connectivity index (χ4v) is 1.32. The molecule has 4 nitrogen and oxygen atoms in total. The number of nitriles is 1. The summed E-state index contributed by atoms with van der Waals surface area (Å²) in [6.45, 7) is 0. The Labute approximate surface area is 91.0 Å². The molecule has 0 saturated carbocycles. The Morgan fingerprint density at radius 2 is 2.00 bits per heavy atom. The Morgan fingerprint density at radius 1 is 1.33 bits per heavy atom. The normalized spacial score (nSPS) is 9.87. The quantitative estimate of drug-likeness (QED) is 0.799. The third-order valence-electron chi connectivity index (χ3n) is 1.88. The lowest BCUT2D eigenvalue weighted by Crippen LogP contribution is -1.95. The Morgan fingerprint density at radius 3 is 2.53 bits per heavy atom. The first-order valence-electron chi connectivity index (χ1n) is 4.16. The molecule has 0 aliphatic rings.